The van der Waals surface area contributed by atoms with Crippen molar-refractivity contribution in [1.29, 1.82) is 0 Å². The molecule has 0 saturated heterocycles. The van der Waals surface area contributed by atoms with Crippen LogP contribution in [0.1, 0.15) is 22.3 Å². The Balaban J connectivity index is 1.95. The molecule has 3 nitrogen and oxygen atoms in total. The van der Waals surface area contributed by atoms with Crippen molar-refractivity contribution in [1.82, 2.24) is 0 Å². The smallest absolute Gasteiger partial charge is 0.185 e. The van der Waals surface area contributed by atoms with Gasteiger partial charge in [-0.2, -0.15) is 0 Å². The zero-order valence-corrected chi connectivity index (χ0v) is 15.3. The third-order valence-electron chi connectivity index (χ3n) is 4.94. The average Bonchev–Trinajstić information content (AvgIpc) is 2.85. The first-order valence-electron chi connectivity index (χ1n) is 9.20. The lowest BCUT2D eigenvalue weighted by Gasteiger charge is -2.02. The summed E-state index contributed by atoms with van der Waals surface area (Å²) in [4.78, 5) is 13.3. The molecule has 0 aliphatic heterocycles. The number of rotatable bonds is 4. The topological polar surface area (TPSA) is 57.5 Å². The van der Waals surface area contributed by atoms with Crippen molar-refractivity contribution in [2.75, 3.05) is 0 Å². The number of fused-ring (bicyclic) bond motifs is 1. The molecule has 0 unspecified atom stereocenters. The van der Waals surface area contributed by atoms with Gasteiger partial charge in [-0.3, -0.25) is 4.79 Å². The third-order valence-corrected chi connectivity index (χ3v) is 4.94. The highest BCUT2D eigenvalue weighted by Crippen LogP contribution is 2.32. The predicted molar refractivity (Wildman–Crippen MR) is 112 cm³/mol. The van der Waals surface area contributed by atoms with Gasteiger partial charge in [-0.25, -0.2) is 0 Å². The Morgan fingerprint density at radius 3 is 1.36 bits per heavy atom. The van der Waals surface area contributed by atoms with Gasteiger partial charge in [0, 0.05) is 34.7 Å². The molecule has 0 aliphatic rings. The van der Waals surface area contributed by atoms with Crippen LogP contribution in [-0.2, 0) is 12.8 Å². The van der Waals surface area contributed by atoms with E-state index >= 15 is 0 Å². The van der Waals surface area contributed by atoms with Crippen molar-refractivity contribution in [3.63, 3.8) is 0 Å². The summed E-state index contributed by atoms with van der Waals surface area (Å²) in [5, 5.41) is 21.7. The molecule has 0 saturated carbocycles. The van der Waals surface area contributed by atoms with E-state index in [4.69, 9.17) is 0 Å². The molecule has 0 atom stereocenters. The number of benzene rings is 3. The van der Waals surface area contributed by atoms with E-state index in [-0.39, 0.29) is 16.9 Å². The molecule has 2 N–H and O–H groups in total. The highest BCUT2D eigenvalue weighted by Gasteiger charge is 2.12. The summed E-state index contributed by atoms with van der Waals surface area (Å²) < 4.78 is 0. The second-order valence-electron chi connectivity index (χ2n) is 6.92. The second kappa shape index (κ2) is 7.57. The van der Waals surface area contributed by atoms with E-state index in [0.717, 1.165) is 11.1 Å². The van der Waals surface area contributed by atoms with Crippen LogP contribution in [0.2, 0.25) is 0 Å². The van der Waals surface area contributed by atoms with Gasteiger partial charge in [0.2, 0.25) is 0 Å². The van der Waals surface area contributed by atoms with Crippen molar-refractivity contribution in [3.8, 4) is 11.5 Å². The quantitative estimate of drug-likeness (QED) is 0.509. The maximum absolute atomic E-state index is 13.3. The summed E-state index contributed by atoms with van der Waals surface area (Å²) in [6.07, 6.45) is 0.917. The molecule has 0 aliphatic carbocycles. The number of phenols is 2. The van der Waals surface area contributed by atoms with Crippen LogP contribution in [0.4, 0.5) is 0 Å². The predicted octanol–water partition coefficient (Wildman–Crippen LogP) is 4.79. The molecular weight excluding hydrogens is 348 g/mol. The summed E-state index contributed by atoms with van der Waals surface area (Å²) in [6, 6.07) is 25.8. The van der Waals surface area contributed by atoms with Crippen LogP contribution >= 0.6 is 0 Å². The van der Waals surface area contributed by atoms with E-state index in [9.17, 15) is 15.0 Å². The Bertz CT molecular complexity index is 1090. The number of hydrogen-bond donors (Lipinski definition) is 2. The van der Waals surface area contributed by atoms with E-state index < -0.39 is 0 Å². The average molecular weight is 368 g/mol. The Kier molecular flexibility index (Phi) is 4.81. The van der Waals surface area contributed by atoms with Gasteiger partial charge in [0.25, 0.3) is 0 Å². The van der Waals surface area contributed by atoms with Crippen LogP contribution in [0.15, 0.2) is 89.7 Å². The molecule has 0 spiro atoms. The summed E-state index contributed by atoms with van der Waals surface area (Å²) in [5.41, 5.74) is 3.15. The molecule has 0 bridgehead atoms. The van der Waals surface area contributed by atoms with Crippen molar-refractivity contribution in [2.24, 2.45) is 0 Å². The Hall–Kier alpha value is -3.59. The van der Waals surface area contributed by atoms with Crippen LogP contribution in [0.25, 0.3) is 10.8 Å². The number of phenolic OH excluding ortho intramolecular Hbond substituents is 2. The minimum atomic E-state index is -0.0669. The molecule has 28 heavy (non-hydrogen) atoms. The first kappa shape index (κ1) is 17.8. The van der Waals surface area contributed by atoms with Crippen molar-refractivity contribution in [2.45, 2.75) is 12.8 Å². The molecule has 138 valence electrons. The molecule has 4 aromatic rings. The fraction of sp³-hybridized carbons (Fsp3) is 0.0800. The summed E-state index contributed by atoms with van der Waals surface area (Å²) in [7, 11) is 0. The molecule has 0 amide bonds. The van der Waals surface area contributed by atoms with Gasteiger partial charge in [-0.1, -0.05) is 60.7 Å². The molecule has 4 rings (SSSR count). The van der Waals surface area contributed by atoms with Crippen molar-refractivity contribution < 1.29 is 10.2 Å². The van der Waals surface area contributed by atoms with Crippen LogP contribution in [-0.4, -0.2) is 10.2 Å². The van der Waals surface area contributed by atoms with E-state index in [2.05, 4.69) is 0 Å². The van der Waals surface area contributed by atoms with Crippen molar-refractivity contribution >= 4 is 10.8 Å². The molecular formula is C25H20O3. The highest BCUT2D eigenvalue weighted by atomic mass is 16.3. The van der Waals surface area contributed by atoms with Gasteiger partial charge >= 0.3 is 0 Å². The maximum Gasteiger partial charge on any atom is 0.185 e. The summed E-state index contributed by atoms with van der Waals surface area (Å²) >= 11 is 0. The normalized spacial score (nSPS) is 10.9. The Morgan fingerprint density at radius 1 is 0.571 bits per heavy atom. The van der Waals surface area contributed by atoms with Gasteiger partial charge in [0.05, 0.1) is 0 Å². The first-order chi connectivity index (χ1) is 13.6. The fourth-order valence-corrected chi connectivity index (χ4v) is 3.50. The highest BCUT2D eigenvalue weighted by molar-refractivity contribution is 5.93. The number of aromatic hydroxyl groups is 2. The molecule has 0 radical (unpaired) electrons. The minimum Gasteiger partial charge on any atom is -0.507 e. The largest absolute Gasteiger partial charge is 0.507 e. The fourth-order valence-electron chi connectivity index (χ4n) is 3.50. The van der Waals surface area contributed by atoms with Crippen LogP contribution in [0.5, 0.6) is 11.5 Å². The van der Waals surface area contributed by atoms with Gasteiger partial charge in [-0.05, 0) is 35.4 Å². The molecule has 4 aromatic carbocycles. The van der Waals surface area contributed by atoms with Crippen molar-refractivity contribution in [3.05, 3.63) is 117 Å². The van der Waals surface area contributed by atoms with E-state index in [1.807, 2.05) is 60.7 Å². The van der Waals surface area contributed by atoms with Crippen LogP contribution in [0, 0.1) is 0 Å². The third kappa shape index (κ3) is 3.60. The Labute approximate surface area is 163 Å². The molecule has 0 heterocycles. The molecule has 0 aromatic heterocycles. The number of hydrogen-bond acceptors (Lipinski definition) is 3. The van der Waals surface area contributed by atoms with Crippen LogP contribution < -0.4 is 5.43 Å². The summed E-state index contributed by atoms with van der Waals surface area (Å²) in [6.45, 7) is 0. The Morgan fingerprint density at radius 2 is 0.964 bits per heavy atom. The monoisotopic (exact) mass is 368 g/mol. The second-order valence-corrected chi connectivity index (χ2v) is 6.92. The van der Waals surface area contributed by atoms with Gasteiger partial charge in [-0.15, -0.1) is 0 Å². The van der Waals surface area contributed by atoms with E-state index in [1.54, 1.807) is 12.1 Å². The zero-order chi connectivity index (χ0) is 19.5. The lowest BCUT2D eigenvalue weighted by atomic mass is 10.0. The van der Waals surface area contributed by atoms with Gasteiger partial charge < -0.3 is 10.2 Å². The van der Waals surface area contributed by atoms with E-state index in [0.29, 0.717) is 34.7 Å². The molecule has 3 heteroatoms. The van der Waals surface area contributed by atoms with Crippen LogP contribution in [0.3, 0.4) is 0 Å². The lowest BCUT2D eigenvalue weighted by molar-refractivity contribution is 0.469. The minimum absolute atomic E-state index is 0.0448. The maximum atomic E-state index is 13.3. The molecule has 0 fully saturated rings. The first-order valence-corrected chi connectivity index (χ1v) is 9.20. The standard InChI is InChI=1S/C25H20O3/c26-23-11-12-24(27)22-16-20(14-18-9-5-2-6-10-18)25(28)19(15-21(22)23)13-17-7-3-1-4-8-17/h1-12,15-16,26-27H,13-14H2. The SMILES string of the molecule is O=c1c(Cc2ccccc2)cc2c(O)ccc(O)c2cc1Cc1ccccc1. The lowest BCUT2D eigenvalue weighted by Crippen LogP contribution is -2.12. The summed E-state index contributed by atoms with van der Waals surface area (Å²) in [5.74, 6) is 0.0896. The van der Waals surface area contributed by atoms with Gasteiger partial charge in [0.15, 0.2) is 5.43 Å². The van der Waals surface area contributed by atoms with E-state index in [1.165, 1.54) is 12.1 Å². The van der Waals surface area contributed by atoms with Gasteiger partial charge in [0.1, 0.15) is 11.5 Å². The zero-order valence-electron chi connectivity index (χ0n) is 15.3.